The molecule has 0 aliphatic carbocycles. The van der Waals surface area contributed by atoms with Crippen molar-refractivity contribution >= 4 is 33.0 Å². The normalized spacial score (nSPS) is 11.5. The van der Waals surface area contributed by atoms with Crippen LogP contribution in [0.2, 0.25) is 10.0 Å². The smallest absolute Gasteiger partial charge is 0.175 e. The summed E-state index contributed by atoms with van der Waals surface area (Å²) in [6.07, 6.45) is 3.02. The van der Waals surface area contributed by atoms with Crippen LogP contribution in [0.3, 0.4) is 0 Å². The summed E-state index contributed by atoms with van der Waals surface area (Å²) in [6.45, 7) is 0.204. The molecule has 0 unspecified atom stereocenters. The van der Waals surface area contributed by atoms with E-state index in [-0.39, 0.29) is 11.5 Å². The monoisotopic (exact) mass is 472 g/mol. The molecule has 1 heterocycles. The summed E-state index contributed by atoms with van der Waals surface area (Å²) in [5.74, 6) is 1.19. The quantitative estimate of drug-likeness (QED) is 0.354. The fraction of sp³-hybridized carbons (Fsp3) is 0.0870. The molecule has 0 N–H and O–H groups in total. The fourth-order valence-corrected chi connectivity index (χ4v) is 4.14. The maximum Gasteiger partial charge on any atom is 0.175 e. The molecule has 31 heavy (non-hydrogen) atoms. The minimum Gasteiger partial charge on any atom is -0.486 e. The second-order valence-electron chi connectivity index (χ2n) is 6.89. The number of sulfone groups is 1. The zero-order chi connectivity index (χ0) is 22.0. The Labute approximate surface area is 190 Å². The fourth-order valence-electron chi connectivity index (χ4n) is 3.10. The van der Waals surface area contributed by atoms with E-state index in [9.17, 15) is 8.42 Å². The lowest BCUT2D eigenvalue weighted by Gasteiger charge is -2.09. The van der Waals surface area contributed by atoms with Gasteiger partial charge in [0.05, 0.1) is 20.6 Å². The van der Waals surface area contributed by atoms with Crippen molar-refractivity contribution in [1.82, 2.24) is 9.55 Å². The predicted molar refractivity (Wildman–Crippen MR) is 123 cm³/mol. The minimum absolute atomic E-state index is 0.204. The first-order valence-corrected chi connectivity index (χ1v) is 12.0. The molecule has 0 aliphatic rings. The summed E-state index contributed by atoms with van der Waals surface area (Å²) in [7, 11) is -3.29. The Hall–Kier alpha value is -2.80. The van der Waals surface area contributed by atoms with E-state index >= 15 is 0 Å². The van der Waals surface area contributed by atoms with Gasteiger partial charge in [0.2, 0.25) is 0 Å². The topological polar surface area (TPSA) is 61.2 Å². The molecule has 0 saturated heterocycles. The van der Waals surface area contributed by atoms with Crippen molar-refractivity contribution in [2.45, 2.75) is 11.5 Å². The molecule has 0 spiro atoms. The highest BCUT2D eigenvalue weighted by molar-refractivity contribution is 7.90. The zero-order valence-electron chi connectivity index (χ0n) is 16.5. The average molecular weight is 473 g/mol. The van der Waals surface area contributed by atoms with Crippen molar-refractivity contribution in [3.63, 3.8) is 0 Å². The van der Waals surface area contributed by atoms with E-state index in [2.05, 4.69) is 0 Å². The van der Waals surface area contributed by atoms with Crippen LogP contribution in [-0.2, 0) is 16.4 Å². The van der Waals surface area contributed by atoms with Gasteiger partial charge in [-0.3, -0.25) is 4.57 Å². The number of imidazole rings is 1. The van der Waals surface area contributed by atoms with Crippen molar-refractivity contribution < 1.29 is 13.2 Å². The minimum atomic E-state index is -3.29. The SMILES string of the molecule is CS(=O)(=O)c1ccc(-n2cc(COc3ccccc3Cl)nc2-c2ccccc2Cl)cc1. The number of hydrogen-bond donors (Lipinski definition) is 0. The van der Waals surface area contributed by atoms with Gasteiger partial charge in [0.15, 0.2) is 9.84 Å². The largest absolute Gasteiger partial charge is 0.486 e. The van der Waals surface area contributed by atoms with Crippen LogP contribution >= 0.6 is 23.2 Å². The third-order valence-electron chi connectivity index (χ3n) is 4.63. The summed E-state index contributed by atoms with van der Waals surface area (Å²) in [4.78, 5) is 4.97. The van der Waals surface area contributed by atoms with Crippen molar-refractivity contribution in [1.29, 1.82) is 0 Å². The van der Waals surface area contributed by atoms with Gasteiger partial charge in [0.1, 0.15) is 18.2 Å². The Kier molecular flexibility index (Phi) is 6.05. The van der Waals surface area contributed by atoms with Crippen LogP contribution in [0.1, 0.15) is 5.69 Å². The van der Waals surface area contributed by atoms with Gasteiger partial charge in [-0.25, -0.2) is 13.4 Å². The number of rotatable bonds is 6. The summed E-state index contributed by atoms with van der Waals surface area (Å²) in [5, 5.41) is 1.07. The number of hydrogen-bond acceptors (Lipinski definition) is 4. The van der Waals surface area contributed by atoms with E-state index in [0.717, 1.165) is 11.3 Å². The van der Waals surface area contributed by atoms with Gasteiger partial charge in [0.25, 0.3) is 0 Å². The molecule has 0 amide bonds. The molecule has 0 bridgehead atoms. The molecule has 158 valence electrons. The van der Waals surface area contributed by atoms with Crippen molar-refractivity contribution in [2.75, 3.05) is 6.26 Å². The third-order valence-corrected chi connectivity index (χ3v) is 6.40. The van der Waals surface area contributed by atoms with E-state index in [1.807, 2.05) is 41.1 Å². The maximum absolute atomic E-state index is 11.8. The first-order chi connectivity index (χ1) is 14.8. The maximum atomic E-state index is 11.8. The van der Waals surface area contributed by atoms with Crippen LogP contribution in [0.15, 0.2) is 83.9 Å². The van der Waals surface area contributed by atoms with E-state index in [4.69, 9.17) is 32.9 Å². The molecule has 3 aromatic carbocycles. The molecular weight excluding hydrogens is 455 g/mol. The molecule has 0 aliphatic heterocycles. The molecule has 5 nitrogen and oxygen atoms in total. The highest BCUT2D eigenvalue weighted by atomic mass is 35.5. The summed E-state index contributed by atoms with van der Waals surface area (Å²) in [5.41, 5.74) is 2.17. The summed E-state index contributed by atoms with van der Waals surface area (Å²) >= 11 is 12.6. The lowest BCUT2D eigenvalue weighted by atomic mass is 10.2. The second-order valence-corrected chi connectivity index (χ2v) is 9.72. The van der Waals surface area contributed by atoms with Crippen molar-refractivity contribution in [2.24, 2.45) is 0 Å². The van der Waals surface area contributed by atoms with E-state index in [1.54, 1.807) is 42.5 Å². The predicted octanol–water partition coefficient (Wildman–Crippen LogP) is 5.83. The Morgan fingerprint density at radius 1 is 0.903 bits per heavy atom. The van der Waals surface area contributed by atoms with E-state index in [1.165, 1.54) is 6.26 Å². The Morgan fingerprint density at radius 3 is 2.19 bits per heavy atom. The van der Waals surface area contributed by atoms with Gasteiger partial charge < -0.3 is 4.74 Å². The molecule has 4 aromatic rings. The Bertz CT molecular complexity index is 1330. The van der Waals surface area contributed by atoms with Gasteiger partial charge >= 0.3 is 0 Å². The Balaban J connectivity index is 1.74. The number of nitrogens with zero attached hydrogens (tertiary/aromatic N) is 2. The van der Waals surface area contributed by atoms with E-state index in [0.29, 0.717) is 27.3 Å². The van der Waals surface area contributed by atoms with Crippen LogP contribution in [0.4, 0.5) is 0 Å². The first-order valence-electron chi connectivity index (χ1n) is 9.34. The molecular formula is C23H18Cl2N2O3S. The van der Waals surface area contributed by atoms with Gasteiger partial charge in [-0.05, 0) is 48.5 Å². The molecule has 0 atom stereocenters. The molecule has 0 saturated carbocycles. The van der Waals surface area contributed by atoms with Gasteiger partial charge in [-0.1, -0.05) is 47.5 Å². The first kappa shape index (κ1) is 21.4. The summed E-state index contributed by atoms with van der Waals surface area (Å²) < 4.78 is 31.3. The third kappa shape index (κ3) is 4.77. The van der Waals surface area contributed by atoms with Crippen LogP contribution in [0.5, 0.6) is 5.75 Å². The number of para-hydroxylation sites is 1. The average Bonchev–Trinajstić information content (AvgIpc) is 3.17. The van der Waals surface area contributed by atoms with Crippen LogP contribution < -0.4 is 4.74 Å². The standard InChI is InChI=1S/C23H18Cl2N2O3S/c1-31(28,29)18-12-10-17(11-13-18)27-14-16(15-30-22-9-5-4-8-21(22)25)26-23(27)19-6-2-3-7-20(19)24/h2-14H,15H2,1H3. The van der Waals surface area contributed by atoms with Gasteiger partial charge in [0, 0.05) is 23.7 Å². The highest BCUT2D eigenvalue weighted by Gasteiger charge is 2.16. The lowest BCUT2D eigenvalue weighted by molar-refractivity contribution is 0.302. The number of benzene rings is 3. The van der Waals surface area contributed by atoms with Crippen molar-refractivity contribution in [3.8, 4) is 22.8 Å². The Morgan fingerprint density at radius 2 is 1.55 bits per heavy atom. The van der Waals surface area contributed by atoms with Crippen LogP contribution in [0.25, 0.3) is 17.1 Å². The van der Waals surface area contributed by atoms with Gasteiger partial charge in [-0.2, -0.15) is 0 Å². The lowest BCUT2D eigenvalue weighted by Crippen LogP contribution is -2.00. The second kappa shape index (κ2) is 8.75. The molecule has 0 fully saturated rings. The molecule has 0 radical (unpaired) electrons. The number of ether oxygens (including phenoxy) is 1. The number of halogens is 2. The van der Waals surface area contributed by atoms with Crippen LogP contribution in [0, 0.1) is 0 Å². The van der Waals surface area contributed by atoms with Crippen LogP contribution in [-0.4, -0.2) is 24.2 Å². The molecule has 8 heteroatoms. The van der Waals surface area contributed by atoms with E-state index < -0.39 is 9.84 Å². The molecule has 1 aromatic heterocycles. The summed E-state index contributed by atoms with van der Waals surface area (Å²) in [6, 6.07) is 21.2. The zero-order valence-corrected chi connectivity index (χ0v) is 18.8. The number of aromatic nitrogens is 2. The van der Waals surface area contributed by atoms with Crippen molar-refractivity contribution in [3.05, 3.63) is 94.7 Å². The highest BCUT2D eigenvalue weighted by Crippen LogP contribution is 2.30. The van der Waals surface area contributed by atoms with Gasteiger partial charge in [-0.15, -0.1) is 0 Å². The molecule has 4 rings (SSSR count).